The molecule has 0 N–H and O–H groups in total. The summed E-state index contributed by atoms with van der Waals surface area (Å²) < 4.78 is 3.64. The molecule has 1 unspecified atom stereocenters. The highest BCUT2D eigenvalue weighted by Crippen LogP contribution is 2.40. The third kappa shape index (κ3) is 3.73. The van der Waals surface area contributed by atoms with Crippen LogP contribution in [-0.4, -0.2) is 9.13 Å². The van der Waals surface area contributed by atoms with Gasteiger partial charge in [0.15, 0.2) is 0 Å². The lowest BCUT2D eigenvalue weighted by Crippen LogP contribution is -2.23. The molecule has 0 bridgehead atoms. The Morgan fingerprint density at radius 1 is 0.568 bits per heavy atom. The first-order valence-corrected chi connectivity index (χ1v) is 15.2. The number of benzene rings is 7. The van der Waals surface area contributed by atoms with E-state index >= 15 is 0 Å². The van der Waals surface area contributed by atoms with E-state index in [-0.39, 0.29) is 11.6 Å². The van der Waals surface area contributed by atoms with Gasteiger partial charge in [-0.15, -0.1) is 0 Å². The van der Waals surface area contributed by atoms with E-state index in [2.05, 4.69) is 97.1 Å². The zero-order valence-corrected chi connectivity index (χ0v) is 24.0. The van der Waals surface area contributed by atoms with E-state index < -0.39 is 0 Å². The van der Waals surface area contributed by atoms with Gasteiger partial charge >= 0.3 is 5.69 Å². The van der Waals surface area contributed by atoms with Crippen LogP contribution in [-0.2, 0) is 0 Å². The zero-order chi connectivity index (χ0) is 29.2. The second kappa shape index (κ2) is 9.68. The van der Waals surface area contributed by atoms with Gasteiger partial charge in [0.2, 0.25) is 0 Å². The fourth-order valence-corrected chi connectivity index (χ4v) is 7.14. The lowest BCUT2D eigenvalue weighted by atomic mass is 9.88. The molecule has 0 radical (unpaired) electrons. The van der Waals surface area contributed by atoms with E-state index in [0.29, 0.717) is 0 Å². The minimum Gasteiger partial charge on any atom is -0.261 e. The molecule has 0 saturated heterocycles. The lowest BCUT2D eigenvalue weighted by molar-refractivity contribution is 0.842. The van der Waals surface area contributed by atoms with Crippen molar-refractivity contribution in [1.82, 2.24) is 9.13 Å². The highest BCUT2D eigenvalue weighted by molar-refractivity contribution is 6.25. The molecule has 0 saturated carbocycles. The number of rotatable bonds is 4. The fourth-order valence-electron chi connectivity index (χ4n) is 7.14. The van der Waals surface area contributed by atoms with Crippen molar-refractivity contribution in [2.75, 3.05) is 0 Å². The highest BCUT2D eigenvalue weighted by atomic mass is 16.1. The van der Waals surface area contributed by atoms with E-state index in [4.69, 9.17) is 0 Å². The predicted octanol–water partition coefficient (Wildman–Crippen LogP) is 9.94. The van der Waals surface area contributed by atoms with Crippen molar-refractivity contribution in [3.8, 4) is 16.8 Å². The van der Waals surface area contributed by atoms with Crippen molar-refractivity contribution in [3.05, 3.63) is 168 Å². The highest BCUT2D eigenvalue weighted by Gasteiger charge is 2.19. The van der Waals surface area contributed by atoms with Gasteiger partial charge in [0.05, 0.1) is 16.7 Å². The molecule has 0 spiro atoms. The van der Waals surface area contributed by atoms with E-state index in [1.54, 1.807) is 4.57 Å². The maximum Gasteiger partial charge on any atom is 0.338 e. The van der Waals surface area contributed by atoms with Gasteiger partial charge in [-0.05, 0) is 85.8 Å². The second-order valence-electron chi connectivity index (χ2n) is 11.7. The van der Waals surface area contributed by atoms with Gasteiger partial charge in [-0.2, -0.15) is 0 Å². The topological polar surface area (TPSA) is 26.9 Å². The Kier molecular flexibility index (Phi) is 5.48. The average molecular weight is 565 g/mol. The Morgan fingerprint density at radius 3 is 1.95 bits per heavy atom. The average Bonchev–Trinajstić information content (AvgIpc) is 3.39. The summed E-state index contributed by atoms with van der Waals surface area (Å²) >= 11 is 0. The van der Waals surface area contributed by atoms with Crippen molar-refractivity contribution in [1.29, 1.82) is 0 Å². The van der Waals surface area contributed by atoms with Crippen LogP contribution < -0.4 is 5.69 Å². The van der Waals surface area contributed by atoms with Crippen molar-refractivity contribution in [2.24, 2.45) is 0 Å². The molecule has 7 aromatic carbocycles. The molecular weight excluding hydrogens is 536 g/mol. The Bertz CT molecular complexity index is 2460. The molecule has 1 aliphatic rings. The normalized spacial score (nSPS) is 15.1. The minimum atomic E-state index is -0.0515. The number of hydrogen-bond donors (Lipinski definition) is 0. The molecule has 3 heteroatoms. The van der Waals surface area contributed by atoms with Crippen molar-refractivity contribution in [2.45, 2.75) is 12.3 Å². The molecule has 0 amide bonds. The third-order valence-corrected chi connectivity index (χ3v) is 9.28. The fraction of sp³-hybridized carbons (Fsp3) is 0.0488. The molecule has 1 heterocycles. The molecule has 1 aliphatic carbocycles. The van der Waals surface area contributed by atoms with E-state index in [0.717, 1.165) is 28.8 Å². The SMILES string of the molecule is O=c1n(C2=CCC(c3ccc(-c4ccc5ccc6cccc7ccc4c5c67)cc3)C=C2)c2ccccc2n1-c1ccccc1. The predicted molar refractivity (Wildman–Crippen MR) is 184 cm³/mol. The number of fused-ring (bicyclic) bond motifs is 1. The quantitative estimate of drug-likeness (QED) is 0.195. The van der Waals surface area contributed by atoms with Gasteiger partial charge in [-0.25, -0.2) is 4.79 Å². The van der Waals surface area contributed by atoms with Crippen molar-refractivity contribution < 1.29 is 0 Å². The number of aromatic nitrogens is 2. The zero-order valence-electron chi connectivity index (χ0n) is 24.0. The minimum absolute atomic E-state index is 0.0515. The van der Waals surface area contributed by atoms with Crippen LogP contribution in [0.1, 0.15) is 17.9 Å². The lowest BCUT2D eigenvalue weighted by Gasteiger charge is -2.18. The first kappa shape index (κ1) is 24.9. The smallest absolute Gasteiger partial charge is 0.261 e. The Hall–Kier alpha value is -5.67. The first-order chi connectivity index (χ1) is 21.7. The van der Waals surface area contributed by atoms with E-state index in [9.17, 15) is 4.79 Å². The summed E-state index contributed by atoms with van der Waals surface area (Å²) in [5, 5.41) is 7.85. The molecule has 208 valence electrons. The first-order valence-electron chi connectivity index (χ1n) is 15.2. The summed E-state index contributed by atoms with van der Waals surface area (Å²) in [4.78, 5) is 13.8. The van der Waals surface area contributed by atoms with Gasteiger partial charge in [-0.3, -0.25) is 9.13 Å². The molecule has 8 aromatic rings. The number of hydrogen-bond acceptors (Lipinski definition) is 1. The summed E-state index contributed by atoms with van der Waals surface area (Å²) in [6.45, 7) is 0. The van der Waals surface area contributed by atoms with Gasteiger partial charge in [0, 0.05) is 11.6 Å². The summed E-state index contributed by atoms with van der Waals surface area (Å²) in [6, 6.07) is 47.0. The molecule has 9 rings (SSSR count). The van der Waals surface area contributed by atoms with Gasteiger partial charge in [0.1, 0.15) is 0 Å². The number of imidazole rings is 1. The van der Waals surface area contributed by atoms with Crippen molar-refractivity contribution in [3.63, 3.8) is 0 Å². The number of allylic oxidation sites excluding steroid dienone is 4. The summed E-state index contributed by atoms with van der Waals surface area (Å²) in [5.74, 6) is 0.257. The van der Waals surface area contributed by atoms with E-state index in [1.807, 2.05) is 59.2 Å². The third-order valence-electron chi connectivity index (χ3n) is 9.28. The second-order valence-corrected chi connectivity index (χ2v) is 11.7. The van der Waals surface area contributed by atoms with Gasteiger partial charge < -0.3 is 0 Å². The maximum absolute atomic E-state index is 13.8. The van der Waals surface area contributed by atoms with Crippen LogP contribution in [0.25, 0.3) is 65.9 Å². The Labute approximate surface area is 254 Å². The Balaban J connectivity index is 1.04. The number of nitrogens with zero attached hydrogens (tertiary/aromatic N) is 2. The molecule has 0 fully saturated rings. The number of para-hydroxylation sites is 3. The van der Waals surface area contributed by atoms with Crippen LogP contribution in [0.3, 0.4) is 0 Å². The molecule has 1 atom stereocenters. The molecule has 3 nitrogen and oxygen atoms in total. The standard InChI is InChI=1S/C41H28N2O/c44-41-42(33-9-2-1-3-10-33)37-11-4-5-12-38(37)43(41)34-23-19-28(20-24-34)27-13-15-29(16-14-27)35-25-21-32-18-17-30-7-6-8-31-22-26-36(35)40(32)39(30)31/h1-19,21-26,28H,20H2. The summed E-state index contributed by atoms with van der Waals surface area (Å²) in [6.07, 6.45) is 7.37. The van der Waals surface area contributed by atoms with Crippen LogP contribution in [0, 0.1) is 0 Å². The van der Waals surface area contributed by atoms with Crippen LogP contribution in [0.5, 0.6) is 0 Å². The largest absolute Gasteiger partial charge is 0.338 e. The molecule has 44 heavy (non-hydrogen) atoms. The van der Waals surface area contributed by atoms with Crippen LogP contribution in [0.15, 0.2) is 156 Å². The molecular formula is C41H28N2O. The van der Waals surface area contributed by atoms with Crippen LogP contribution >= 0.6 is 0 Å². The van der Waals surface area contributed by atoms with Crippen molar-refractivity contribution >= 4 is 49.0 Å². The van der Waals surface area contributed by atoms with E-state index in [1.165, 1.54) is 49.0 Å². The van der Waals surface area contributed by atoms with Crippen LogP contribution in [0.4, 0.5) is 0 Å². The monoisotopic (exact) mass is 564 g/mol. The Morgan fingerprint density at radius 2 is 1.23 bits per heavy atom. The van der Waals surface area contributed by atoms with Gasteiger partial charge in [0.25, 0.3) is 0 Å². The molecule has 0 aliphatic heterocycles. The van der Waals surface area contributed by atoms with Gasteiger partial charge in [-0.1, -0.05) is 121 Å². The summed E-state index contributed by atoms with van der Waals surface area (Å²) in [5.41, 5.74) is 7.32. The van der Waals surface area contributed by atoms with Crippen LogP contribution in [0.2, 0.25) is 0 Å². The maximum atomic E-state index is 13.8. The molecule has 1 aromatic heterocycles. The summed E-state index contributed by atoms with van der Waals surface area (Å²) in [7, 11) is 0.